The first-order valence-corrected chi connectivity index (χ1v) is 7.99. The zero-order valence-corrected chi connectivity index (χ0v) is 13.5. The normalized spacial score (nSPS) is 19.9. The van der Waals surface area contributed by atoms with Crippen molar-refractivity contribution in [2.75, 3.05) is 33.3 Å². The van der Waals surface area contributed by atoms with Crippen molar-refractivity contribution in [2.24, 2.45) is 5.41 Å². The zero-order valence-electron chi connectivity index (χ0n) is 13.5. The predicted octanol–water partition coefficient (Wildman–Crippen LogP) is 2.64. The first-order valence-electron chi connectivity index (χ1n) is 7.99. The Bertz CT molecular complexity index is 247. The second kappa shape index (κ2) is 7.61. The molecule has 0 aliphatic heterocycles. The summed E-state index contributed by atoms with van der Waals surface area (Å²) in [5.74, 6) is 0. The number of likely N-dealkylation sites (N-methyl/N-ethyl adjacent to an activating group) is 1. The van der Waals surface area contributed by atoms with Crippen molar-refractivity contribution in [1.29, 1.82) is 0 Å². The van der Waals surface area contributed by atoms with Crippen LogP contribution in [0.2, 0.25) is 0 Å². The molecule has 0 heterocycles. The van der Waals surface area contributed by atoms with Gasteiger partial charge in [-0.1, -0.05) is 26.2 Å². The van der Waals surface area contributed by atoms with Gasteiger partial charge in [-0.3, -0.25) is 4.90 Å². The lowest BCUT2D eigenvalue weighted by Crippen LogP contribution is -2.52. The lowest BCUT2D eigenvalue weighted by molar-refractivity contribution is 0.0260. The van der Waals surface area contributed by atoms with Crippen LogP contribution >= 0.6 is 0 Å². The average molecular weight is 270 g/mol. The molecule has 0 unspecified atom stereocenters. The van der Waals surface area contributed by atoms with Crippen molar-refractivity contribution >= 4 is 0 Å². The Morgan fingerprint density at radius 3 is 2.37 bits per heavy atom. The third-order valence-electron chi connectivity index (χ3n) is 4.83. The van der Waals surface area contributed by atoms with Crippen molar-refractivity contribution in [3.8, 4) is 0 Å². The van der Waals surface area contributed by atoms with E-state index in [2.05, 4.69) is 38.0 Å². The molecular weight excluding hydrogens is 236 g/mol. The monoisotopic (exact) mass is 270 g/mol. The molecule has 1 rings (SSSR count). The van der Waals surface area contributed by atoms with Gasteiger partial charge in [0.2, 0.25) is 0 Å². The summed E-state index contributed by atoms with van der Waals surface area (Å²) in [4.78, 5) is 2.35. The molecule has 0 saturated heterocycles. The molecule has 114 valence electrons. The third-order valence-corrected chi connectivity index (χ3v) is 4.83. The third kappa shape index (κ3) is 5.05. The van der Waals surface area contributed by atoms with Crippen LogP contribution in [-0.2, 0) is 0 Å². The van der Waals surface area contributed by atoms with E-state index in [9.17, 15) is 5.11 Å². The Hall–Kier alpha value is -0.120. The van der Waals surface area contributed by atoms with Crippen LogP contribution in [0.5, 0.6) is 0 Å². The van der Waals surface area contributed by atoms with Crippen LogP contribution in [0.1, 0.15) is 59.3 Å². The summed E-state index contributed by atoms with van der Waals surface area (Å²) < 4.78 is 0. The molecule has 1 saturated carbocycles. The number of hydrogen-bond donors (Lipinski definition) is 2. The van der Waals surface area contributed by atoms with E-state index in [1.54, 1.807) is 0 Å². The maximum absolute atomic E-state index is 9.53. The number of rotatable bonds is 8. The molecule has 0 aromatic heterocycles. The Kier molecular flexibility index (Phi) is 6.78. The minimum atomic E-state index is -0.116. The molecule has 1 fully saturated rings. The highest BCUT2D eigenvalue weighted by Crippen LogP contribution is 2.37. The maximum Gasteiger partial charge on any atom is 0.0609 e. The van der Waals surface area contributed by atoms with Gasteiger partial charge in [0.25, 0.3) is 0 Å². The second-order valence-corrected chi connectivity index (χ2v) is 7.06. The second-order valence-electron chi connectivity index (χ2n) is 7.06. The van der Waals surface area contributed by atoms with Gasteiger partial charge in [-0.25, -0.2) is 0 Å². The van der Waals surface area contributed by atoms with Gasteiger partial charge in [0.15, 0.2) is 0 Å². The summed E-state index contributed by atoms with van der Waals surface area (Å²) in [6, 6.07) is 0. The van der Waals surface area contributed by atoms with Gasteiger partial charge in [-0.2, -0.15) is 0 Å². The number of aliphatic hydroxyl groups is 1. The molecule has 0 spiro atoms. The molecule has 0 atom stereocenters. The number of nitrogens with one attached hydrogen (secondary N) is 1. The summed E-state index contributed by atoms with van der Waals surface area (Å²) in [6.45, 7) is 10.0. The minimum absolute atomic E-state index is 0.116. The van der Waals surface area contributed by atoms with Gasteiger partial charge in [0, 0.05) is 18.6 Å². The van der Waals surface area contributed by atoms with Crippen LogP contribution in [0.25, 0.3) is 0 Å². The first kappa shape index (κ1) is 16.9. The van der Waals surface area contributed by atoms with Crippen LogP contribution < -0.4 is 5.32 Å². The van der Waals surface area contributed by atoms with E-state index in [0.29, 0.717) is 5.41 Å². The van der Waals surface area contributed by atoms with E-state index in [1.807, 2.05) is 0 Å². The van der Waals surface area contributed by atoms with Crippen LogP contribution in [0.3, 0.4) is 0 Å². The molecule has 0 amide bonds. The molecule has 0 aromatic rings. The summed E-state index contributed by atoms with van der Waals surface area (Å²) in [7, 11) is 2.16. The summed E-state index contributed by atoms with van der Waals surface area (Å²) in [5, 5.41) is 13.2. The van der Waals surface area contributed by atoms with Gasteiger partial charge >= 0.3 is 0 Å². The van der Waals surface area contributed by atoms with Gasteiger partial charge in [0.05, 0.1) is 6.61 Å². The molecular formula is C16H34N2O. The van der Waals surface area contributed by atoms with E-state index in [0.717, 1.165) is 19.6 Å². The fraction of sp³-hybridized carbons (Fsp3) is 1.00. The Labute approximate surface area is 119 Å². The summed E-state index contributed by atoms with van der Waals surface area (Å²) >= 11 is 0. The van der Waals surface area contributed by atoms with Crippen molar-refractivity contribution in [2.45, 2.75) is 64.8 Å². The van der Waals surface area contributed by atoms with E-state index < -0.39 is 0 Å². The number of nitrogens with zero attached hydrogens (tertiary/aromatic N) is 1. The van der Waals surface area contributed by atoms with Crippen LogP contribution in [0.15, 0.2) is 0 Å². The topological polar surface area (TPSA) is 35.5 Å². The van der Waals surface area contributed by atoms with E-state index in [-0.39, 0.29) is 12.1 Å². The molecule has 19 heavy (non-hydrogen) atoms. The van der Waals surface area contributed by atoms with Gasteiger partial charge in [-0.15, -0.1) is 0 Å². The molecule has 1 aliphatic rings. The predicted molar refractivity (Wildman–Crippen MR) is 82.5 cm³/mol. The molecule has 0 bridgehead atoms. The Morgan fingerprint density at radius 2 is 1.84 bits per heavy atom. The molecule has 0 aromatic carbocycles. The number of aliphatic hydroxyl groups excluding tert-OH is 1. The zero-order chi connectivity index (χ0) is 14.4. The smallest absolute Gasteiger partial charge is 0.0609 e. The summed E-state index contributed by atoms with van der Waals surface area (Å²) in [5.41, 5.74) is 0.295. The van der Waals surface area contributed by atoms with Gasteiger partial charge in [0.1, 0.15) is 0 Å². The molecule has 0 radical (unpaired) electrons. The quantitative estimate of drug-likeness (QED) is 0.666. The highest BCUT2D eigenvalue weighted by Gasteiger charge is 2.36. The van der Waals surface area contributed by atoms with Crippen molar-refractivity contribution in [1.82, 2.24) is 10.2 Å². The van der Waals surface area contributed by atoms with E-state index >= 15 is 0 Å². The average Bonchev–Trinajstić information content (AvgIpc) is 2.40. The molecule has 3 heteroatoms. The van der Waals surface area contributed by atoms with E-state index in [4.69, 9.17) is 0 Å². The Balaban J connectivity index is 2.63. The SMILES string of the molecule is CCCNCC1(CN(C)C(C)(C)CO)CCCCC1. The highest BCUT2D eigenvalue weighted by atomic mass is 16.3. The standard InChI is InChI=1S/C16H34N2O/c1-5-11-17-12-16(9-7-6-8-10-16)13-18(4)15(2,3)14-19/h17,19H,5-14H2,1-4H3. The fourth-order valence-corrected chi connectivity index (χ4v) is 3.06. The maximum atomic E-state index is 9.53. The largest absolute Gasteiger partial charge is 0.394 e. The number of hydrogen-bond acceptors (Lipinski definition) is 3. The van der Waals surface area contributed by atoms with Crippen molar-refractivity contribution in [3.05, 3.63) is 0 Å². The highest BCUT2D eigenvalue weighted by molar-refractivity contribution is 4.90. The lowest BCUT2D eigenvalue weighted by Gasteiger charge is -2.45. The lowest BCUT2D eigenvalue weighted by atomic mass is 9.73. The van der Waals surface area contributed by atoms with Crippen molar-refractivity contribution in [3.63, 3.8) is 0 Å². The van der Waals surface area contributed by atoms with E-state index in [1.165, 1.54) is 38.5 Å². The van der Waals surface area contributed by atoms with Crippen LogP contribution in [-0.4, -0.2) is 48.8 Å². The molecule has 2 N–H and O–H groups in total. The van der Waals surface area contributed by atoms with Crippen molar-refractivity contribution < 1.29 is 5.11 Å². The molecule has 3 nitrogen and oxygen atoms in total. The van der Waals surface area contributed by atoms with Crippen LogP contribution in [0, 0.1) is 5.41 Å². The van der Waals surface area contributed by atoms with Gasteiger partial charge in [-0.05, 0) is 52.1 Å². The van der Waals surface area contributed by atoms with Crippen LogP contribution in [0.4, 0.5) is 0 Å². The summed E-state index contributed by atoms with van der Waals surface area (Å²) in [6.07, 6.45) is 7.98. The Morgan fingerprint density at radius 1 is 1.21 bits per heavy atom. The molecule has 1 aliphatic carbocycles. The minimum Gasteiger partial charge on any atom is -0.394 e. The fourth-order valence-electron chi connectivity index (χ4n) is 3.06. The first-order chi connectivity index (χ1) is 8.96. The van der Waals surface area contributed by atoms with Gasteiger partial charge < -0.3 is 10.4 Å².